The molecule has 0 spiro atoms. The molecule has 114 valence electrons. The van der Waals surface area contributed by atoms with Gasteiger partial charge in [0.2, 0.25) is 10.0 Å². The molecule has 1 rings (SSSR count). The van der Waals surface area contributed by atoms with Gasteiger partial charge >= 0.3 is 5.97 Å². The monoisotopic (exact) mass is 314 g/mol. The van der Waals surface area contributed by atoms with Gasteiger partial charge in [-0.15, -0.1) is 0 Å². The highest BCUT2D eigenvalue weighted by Crippen LogP contribution is 2.18. The van der Waals surface area contributed by atoms with Crippen molar-refractivity contribution in [2.75, 3.05) is 6.54 Å². The SMILES string of the molecule is CC(C)N(CC(=O)O)S(=O)(=O)Cc1ccc(F)cc1C#N. The van der Waals surface area contributed by atoms with Gasteiger partial charge in [0.05, 0.1) is 17.4 Å². The van der Waals surface area contributed by atoms with Crippen molar-refractivity contribution in [3.05, 3.63) is 35.1 Å². The van der Waals surface area contributed by atoms with E-state index in [-0.39, 0.29) is 11.1 Å². The minimum Gasteiger partial charge on any atom is -0.480 e. The number of halogens is 1. The third kappa shape index (κ3) is 4.51. The summed E-state index contributed by atoms with van der Waals surface area (Å²) in [7, 11) is -3.94. The molecule has 0 saturated heterocycles. The van der Waals surface area contributed by atoms with Gasteiger partial charge in [-0.1, -0.05) is 6.07 Å². The Hall–Kier alpha value is -1.98. The van der Waals surface area contributed by atoms with Gasteiger partial charge in [0.25, 0.3) is 0 Å². The summed E-state index contributed by atoms with van der Waals surface area (Å²) in [5.74, 6) is -2.47. The van der Waals surface area contributed by atoms with E-state index in [2.05, 4.69) is 0 Å². The van der Waals surface area contributed by atoms with Crippen molar-refractivity contribution in [1.29, 1.82) is 5.26 Å². The third-order valence-electron chi connectivity index (χ3n) is 2.75. The lowest BCUT2D eigenvalue weighted by Gasteiger charge is -2.24. The predicted octanol–water partition coefficient (Wildman–Crippen LogP) is 1.32. The van der Waals surface area contributed by atoms with Gasteiger partial charge in [0, 0.05) is 6.04 Å². The number of carbonyl (C=O) groups is 1. The molecule has 1 aromatic carbocycles. The number of carboxylic acids is 1. The number of benzene rings is 1. The largest absolute Gasteiger partial charge is 0.480 e. The molecule has 8 heteroatoms. The van der Waals surface area contributed by atoms with Crippen LogP contribution in [0.3, 0.4) is 0 Å². The van der Waals surface area contributed by atoms with Crippen LogP contribution in [-0.2, 0) is 20.6 Å². The van der Waals surface area contributed by atoms with E-state index in [1.165, 1.54) is 6.07 Å². The highest BCUT2D eigenvalue weighted by atomic mass is 32.2. The molecule has 0 saturated carbocycles. The summed E-state index contributed by atoms with van der Waals surface area (Å²) in [4.78, 5) is 10.8. The number of carboxylic acid groups (broad SMARTS) is 1. The van der Waals surface area contributed by atoms with Gasteiger partial charge in [-0.2, -0.15) is 9.57 Å². The molecule has 6 nitrogen and oxygen atoms in total. The number of aliphatic carboxylic acids is 1. The van der Waals surface area contributed by atoms with E-state index in [0.717, 1.165) is 16.4 Å². The van der Waals surface area contributed by atoms with E-state index in [9.17, 15) is 17.6 Å². The smallest absolute Gasteiger partial charge is 0.318 e. The Bertz CT molecular complexity index is 680. The molecular formula is C13H15FN2O4S. The average Bonchev–Trinajstić information content (AvgIpc) is 2.37. The molecule has 0 fully saturated rings. The zero-order chi connectivity index (χ0) is 16.2. The maximum Gasteiger partial charge on any atom is 0.318 e. The molecular weight excluding hydrogens is 299 g/mol. The maximum atomic E-state index is 13.0. The number of nitrogens with zero attached hydrogens (tertiary/aromatic N) is 2. The lowest BCUT2D eigenvalue weighted by molar-refractivity contribution is -0.137. The van der Waals surface area contributed by atoms with Gasteiger partial charge < -0.3 is 5.11 Å². The van der Waals surface area contributed by atoms with Crippen LogP contribution in [0.25, 0.3) is 0 Å². The molecule has 1 aromatic rings. The molecule has 0 aliphatic carbocycles. The minimum absolute atomic E-state index is 0.0855. The van der Waals surface area contributed by atoms with Gasteiger partial charge in [-0.05, 0) is 31.5 Å². The maximum absolute atomic E-state index is 13.0. The number of sulfonamides is 1. The minimum atomic E-state index is -3.94. The van der Waals surface area contributed by atoms with Crippen LogP contribution in [0, 0.1) is 17.1 Å². The van der Waals surface area contributed by atoms with Crippen molar-refractivity contribution in [3.63, 3.8) is 0 Å². The second kappa shape index (κ2) is 6.65. The zero-order valence-electron chi connectivity index (χ0n) is 11.6. The van der Waals surface area contributed by atoms with E-state index >= 15 is 0 Å². The second-order valence-electron chi connectivity index (χ2n) is 4.70. The number of hydrogen-bond donors (Lipinski definition) is 1. The standard InChI is InChI=1S/C13H15FN2O4S/c1-9(2)16(7-13(17)18)21(19,20)8-10-3-4-12(14)5-11(10)6-15/h3-5,9H,7-8H2,1-2H3,(H,17,18). The number of rotatable bonds is 6. The van der Waals surface area contributed by atoms with Crippen LogP contribution < -0.4 is 0 Å². The Morgan fingerprint density at radius 2 is 2.10 bits per heavy atom. The highest BCUT2D eigenvalue weighted by Gasteiger charge is 2.28. The average molecular weight is 314 g/mol. The van der Waals surface area contributed by atoms with E-state index in [1.807, 2.05) is 0 Å². The molecule has 0 aliphatic rings. The van der Waals surface area contributed by atoms with E-state index in [1.54, 1.807) is 19.9 Å². The first-order valence-corrected chi connectivity index (χ1v) is 7.68. The molecule has 0 heterocycles. The Balaban J connectivity index is 3.15. The van der Waals surface area contributed by atoms with Crippen molar-refractivity contribution < 1.29 is 22.7 Å². The van der Waals surface area contributed by atoms with Crippen LogP contribution >= 0.6 is 0 Å². The quantitative estimate of drug-likeness (QED) is 0.854. The van der Waals surface area contributed by atoms with Gasteiger partial charge in [-0.25, -0.2) is 12.8 Å². The molecule has 0 bridgehead atoms. The Morgan fingerprint density at radius 1 is 1.48 bits per heavy atom. The summed E-state index contributed by atoms with van der Waals surface area (Å²) in [6.45, 7) is 2.44. The lowest BCUT2D eigenvalue weighted by atomic mass is 10.1. The zero-order valence-corrected chi connectivity index (χ0v) is 12.4. The summed E-state index contributed by atoms with van der Waals surface area (Å²) in [6, 6.07) is 4.40. The van der Waals surface area contributed by atoms with Crippen molar-refractivity contribution in [3.8, 4) is 6.07 Å². The summed E-state index contributed by atoms with van der Waals surface area (Å²) >= 11 is 0. The normalized spacial score (nSPS) is 11.6. The fourth-order valence-electron chi connectivity index (χ4n) is 1.79. The molecule has 21 heavy (non-hydrogen) atoms. The van der Waals surface area contributed by atoms with Gasteiger partial charge in [0.1, 0.15) is 12.4 Å². The summed E-state index contributed by atoms with van der Waals surface area (Å²) in [6.07, 6.45) is 0. The predicted molar refractivity (Wildman–Crippen MR) is 73.2 cm³/mol. The molecule has 0 unspecified atom stereocenters. The van der Waals surface area contributed by atoms with Crippen LogP contribution in [0.1, 0.15) is 25.0 Å². The van der Waals surface area contributed by atoms with Crippen molar-refractivity contribution in [1.82, 2.24) is 4.31 Å². The Morgan fingerprint density at radius 3 is 2.57 bits per heavy atom. The molecule has 1 N–H and O–H groups in total. The van der Waals surface area contributed by atoms with E-state index in [4.69, 9.17) is 10.4 Å². The fourth-order valence-corrected chi connectivity index (χ4v) is 3.55. The van der Waals surface area contributed by atoms with E-state index < -0.39 is 40.1 Å². The van der Waals surface area contributed by atoms with Gasteiger partial charge in [-0.3, -0.25) is 4.79 Å². The highest BCUT2D eigenvalue weighted by molar-refractivity contribution is 7.88. The first kappa shape index (κ1) is 17.1. The first-order valence-electron chi connectivity index (χ1n) is 6.07. The molecule has 0 aromatic heterocycles. The van der Waals surface area contributed by atoms with Crippen molar-refractivity contribution >= 4 is 16.0 Å². The number of hydrogen-bond acceptors (Lipinski definition) is 4. The molecule has 0 aliphatic heterocycles. The molecule has 0 atom stereocenters. The Kier molecular flexibility index (Phi) is 5.41. The topological polar surface area (TPSA) is 98.5 Å². The van der Waals surface area contributed by atoms with Crippen LogP contribution in [0.5, 0.6) is 0 Å². The number of nitriles is 1. The van der Waals surface area contributed by atoms with Crippen LogP contribution in [0.2, 0.25) is 0 Å². The van der Waals surface area contributed by atoms with Crippen LogP contribution in [0.4, 0.5) is 4.39 Å². The van der Waals surface area contributed by atoms with Crippen molar-refractivity contribution in [2.24, 2.45) is 0 Å². The summed E-state index contributed by atoms with van der Waals surface area (Å²) in [5.41, 5.74) is 0.0487. The van der Waals surface area contributed by atoms with Gasteiger partial charge in [0.15, 0.2) is 0 Å². The molecule has 0 radical (unpaired) electrons. The first-order chi connectivity index (χ1) is 9.67. The lowest BCUT2D eigenvalue weighted by Crippen LogP contribution is -2.41. The van der Waals surface area contributed by atoms with Crippen molar-refractivity contribution in [2.45, 2.75) is 25.6 Å². The molecule has 0 amide bonds. The fraction of sp³-hybridized carbons (Fsp3) is 0.385. The second-order valence-corrected chi connectivity index (χ2v) is 6.62. The summed E-state index contributed by atoms with van der Waals surface area (Å²) in [5, 5.41) is 17.7. The summed E-state index contributed by atoms with van der Waals surface area (Å²) < 4.78 is 38.4. The van der Waals surface area contributed by atoms with Crippen LogP contribution in [0.15, 0.2) is 18.2 Å². The Labute approximate surface area is 122 Å². The third-order valence-corrected chi connectivity index (χ3v) is 4.70. The van der Waals surface area contributed by atoms with Crippen LogP contribution in [-0.4, -0.2) is 36.4 Å². The van der Waals surface area contributed by atoms with E-state index in [0.29, 0.717) is 0 Å².